The summed E-state index contributed by atoms with van der Waals surface area (Å²) in [7, 11) is 3.48. The molecule has 4 unspecified atom stereocenters. The van der Waals surface area contributed by atoms with Crippen molar-refractivity contribution in [3.8, 4) is 28.7 Å². The first-order chi connectivity index (χ1) is 30.5. The third-order valence-electron chi connectivity index (χ3n) is 12.8. The highest BCUT2D eigenvalue weighted by atomic mass is 16.5. The summed E-state index contributed by atoms with van der Waals surface area (Å²) in [6.45, 7) is 2.02. The first kappa shape index (κ1) is 45.2. The Kier molecular flexibility index (Phi) is 14.7. The zero-order valence-electron chi connectivity index (χ0n) is 36.4. The molecule has 1 aromatic heterocycles. The number of rotatable bonds is 21. The fraction of sp³-hybridized carbons (Fsp3) is 0.365. The highest BCUT2D eigenvalue weighted by Gasteiger charge is 2.36. The summed E-state index contributed by atoms with van der Waals surface area (Å²) in [6, 6.07) is 30.2. The molecule has 1 fully saturated rings. The van der Waals surface area contributed by atoms with E-state index in [2.05, 4.69) is 39.9 Å². The molecule has 0 spiro atoms. The Labute approximate surface area is 369 Å². The van der Waals surface area contributed by atoms with Gasteiger partial charge in [-0.25, -0.2) is 0 Å². The van der Waals surface area contributed by atoms with Crippen molar-refractivity contribution in [3.63, 3.8) is 0 Å². The van der Waals surface area contributed by atoms with E-state index in [-0.39, 0.29) is 53.9 Å². The van der Waals surface area contributed by atoms with Gasteiger partial charge in [-0.05, 0) is 121 Å². The number of Topliss-reactive ketones (excluding diaryl/α,β-unsaturated/α-hetero) is 1. The Hall–Kier alpha value is -5.85. The fourth-order valence-electron chi connectivity index (χ4n) is 9.42. The van der Waals surface area contributed by atoms with E-state index in [0.29, 0.717) is 42.7 Å². The van der Waals surface area contributed by atoms with Crippen molar-refractivity contribution in [2.24, 2.45) is 5.92 Å². The lowest BCUT2D eigenvalue weighted by atomic mass is 9.79. The molecule has 6 aromatic rings. The van der Waals surface area contributed by atoms with Gasteiger partial charge in [-0.3, -0.25) is 10.1 Å². The van der Waals surface area contributed by atoms with Gasteiger partial charge in [-0.1, -0.05) is 85.1 Å². The van der Waals surface area contributed by atoms with Crippen LogP contribution in [0.2, 0.25) is 0 Å². The fourth-order valence-corrected chi connectivity index (χ4v) is 9.42. The average Bonchev–Trinajstić information content (AvgIpc) is 3.99. The van der Waals surface area contributed by atoms with Gasteiger partial charge in [-0.15, -0.1) is 0 Å². The zero-order chi connectivity index (χ0) is 44.5. The van der Waals surface area contributed by atoms with Gasteiger partial charge in [0.05, 0.1) is 19.3 Å². The van der Waals surface area contributed by atoms with Crippen LogP contribution < -0.4 is 25.1 Å². The maximum atomic E-state index is 15.0. The average molecular weight is 855 g/mol. The lowest BCUT2D eigenvalue weighted by Crippen LogP contribution is -2.37. The molecule has 0 aliphatic heterocycles. The molecule has 5 aromatic carbocycles. The van der Waals surface area contributed by atoms with E-state index in [1.54, 1.807) is 56.8 Å². The molecule has 7 N–H and O–H groups in total. The number of nitrogens with one attached hydrogen (secondary N) is 2. The topological polar surface area (TPSA) is 175 Å². The molecule has 1 aliphatic rings. The van der Waals surface area contributed by atoms with E-state index >= 15 is 0 Å². The monoisotopic (exact) mass is 854 g/mol. The molecule has 11 heteroatoms. The number of phenolic OH excluding ortho intramolecular Hbond substituents is 3. The number of hydrogen-bond acceptors (Lipinski definition) is 10. The van der Waals surface area contributed by atoms with Gasteiger partial charge >= 0.3 is 0 Å². The number of hydrogen-bond donors (Lipinski definition) is 7. The summed E-state index contributed by atoms with van der Waals surface area (Å²) < 4.78 is 11.7. The number of aliphatic hydroxyl groups is 2. The second kappa shape index (κ2) is 20.6. The van der Waals surface area contributed by atoms with Crippen LogP contribution in [0.1, 0.15) is 83.9 Å². The number of methoxy groups -OCH3 is 1. The normalized spacial score (nSPS) is 15.5. The van der Waals surface area contributed by atoms with Crippen LogP contribution in [0.4, 0.5) is 0 Å². The summed E-state index contributed by atoms with van der Waals surface area (Å²) in [5, 5.41) is 63.6. The Bertz CT molecular complexity index is 2460. The van der Waals surface area contributed by atoms with Crippen LogP contribution in [0.25, 0.3) is 10.8 Å². The highest BCUT2D eigenvalue weighted by molar-refractivity contribution is 5.87. The molecule has 7 rings (SSSR count). The van der Waals surface area contributed by atoms with Gasteiger partial charge in [-0.2, -0.15) is 12.4 Å². The molecule has 1 aliphatic carbocycles. The maximum Gasteiger partial charge on any atom is 0.164 e. The minimum absolute atomic E-state index is 0.0220. The van der Waals surface area contributed by atoms with Crippen molar-refractivity contribution in [2.75, 3.05) is 27.4 Å². The van der Waals surface area contributed by atoms with Crippen LogP contribution in [0.15, 0.2) is 109 Å². The van der Waals surface area contributed by atoms with Crippen LogP contribution in [-0.2, 0) is 36.0 Å². The predicted molar refractivity (Wildman–Crippen MR) is 245 cm³/mol. The number of nitrogens with zero attached hydrogens (tertiary/aromatic N) is 1. The number of carbonyl (C=O) groups is 1. The zero-order valence-corrected chi connectivity index (χ0v) is 36.4. The van der Waals surface area contributed by atoms with E-state index in [1.165, 1.54) is 6.07 Å². The summed E-state index contributed by atoms with van der Waals surface area (Å²) >= 11 is 0. The van der Waals surface area contributed by atoms with Crippen LogP contribution in [-0.4, -0.2) is 71.0 Å². The van der Waals surface area contributed by atoms with Crippen LogP contribution in [0, 0.1) is 5.92 Å². The number of ketones is 1. The molecule has 0 bridgehead atoms. The molecular formula is C52H60N3O8-. The molecule has 1 heterocycles. The Morgan fingerprint density at radius 1 is 0.841 bits per heavy atom. The quantitative estimate of drug-likeness (QED) is 0.0281. The van der Waals surface area contributed by atoms with Gasteiger partial charge in [0.15, 0.2) is 23.0 Å². The van der Waals surface area contributed by atoms with E-state index in [0.717, 1.165) is 64.3 Å². The smallest absolute Gasteiger partial charge is 0.164 e. The number of carbonyl (C=O) groups excluding carboxylic acids is 1. The Morgan fingerprint density at radius 2 is 1.62 bits per heavy atom. The number of phenols is 3. The SMILES string of the molecule is CNC1(c2cc(O)cc(C(Cc3ccc(O)c(OCNCC(C)O)c3)C(=O)CC(O)C(Cc3cc[n-]c3)Cc3ccc(O)c(OC)c3Cc3cccc4ccccc34)c2)CCCC1. The van der Waals surface area contributed by atoms with Crippen molar-refractivity contribution in [1.82, 2.24) is 15.6 Å². The molecule has 0 saturated heterocycles. The first-order valence-corrected chi connectivity index (χ1v) is 21.9. The molecule has 11 nitrogen and oxygen atoms in total. The van der Waals surface area contributed by atoms with Crippen molar-refractivity contribution in [2.45, 2.75) is 88.4 Å². The largest absolute Gasteiger partial charge is 0.670 e. The highest BCUT2D eigenvalue weighted by Crippen LogP contribution is 2.42. The third kappa shape index (κ3) is 10.9. The number of aromatic nitrogens is 1. The van der Waals surface area contributed by atoms with Crippen LogP contribution in [0.5, 0.6) is 28.7 Å². The van der Waals surface area contributed by atoms with E-state index in [1.807, 2.05) is 43.4 Å². The van der Waals surface area contributed by atoms with Gasteiger partial charge < -0.3 is 45.3 Å². The molecule has 63 heavy (non-hydrogen) atoms. The molecule has 4 atom stereocenters. The van der Waals surface area contributed by atoms with Crippen molar-refractivity contribution >= 4 is 16.6 Å². The summed E-state index contributed by atoms with van der Waals surface area (Å²) in [4.78, 5) is 19.3. The Balaban J connectivity index is 1.22. The van der Waals surface area contributed by atoms with Gasteiger partial charge in [0, 0.05) is 36.4 Å². The van der Waals surface area contributed by atoms with Crippen molar-refractivity contribution < 1.29 is 39.8 Å². The molecule has 0 radical (unpaired) electrons. The van der Waals surface area contributed by atoms with Crippen molar-refractivity contribution in [3.05, 3.63) is 148 Å². The number of aliphatic hydroxyl groups excluding tert-OH is 2. The first-order valence-electron chi connectivity index (χ1n) is 21.9. The predicted octanol–water partition coefficient (Wildman–Crippen LogP) is 7.56. The summed E-state index contributed by atoms with van der Waals surface area (Å²) in [6.07, 6.45) is 7.03. The molecule has 1 saturated carbocycles. The summed E-state index contributed by atoms with van der Waals surface area (Å²) in [5.41, 5.74) is 5.61. The molecule has 0 amide bonds. The molecule has 332 valence electrons. The van der Waals surface area contributed by atoms with E-state index in [9.17, 15) is 30.3 Å². The Morgan fingerprint density at radius 3 is 2.37 bits per heavy atom. The van der Waals surface area contributed by atoms with Gasteiger partial charge in [0.1, 0.15) is 18.3 Å². The number of ether oxygens (including phenoxy) is 2. The van der Waals surface area contributed by atoms with Crippen LogP contribution in [0.3, 0.4) is 0 Å². The minimum atomic E-state index is -1.09. The second-order valence-electron chi connectivity index (χ2n) is 17.1. The number of aromatic hydroxyl groups is 3. The number of benzene rings is 5. The van der Waals surface area contributed by atoms with E-state index in [4.69, 9.17) is 9.47 Å². The lowest BCUT2D eigenvalue weighted by molar-refractivity contribution is -0.123. The maximum absolute atomic E-state index is 15.0. The van der Waals surface area contributed by atoms with Crippen LogP contribution >= 0.6 is 0 Å². The van der Waals surface area contributed by atoms with Gasteiger partial charge in [0.2, 0.25) is 0 Å². The van der Waals surface area contributed by atoms with Gasteiger partial charge in [0.25, 0.3) is 0 Å². The minimum Gasteiger partial charge on any atom is -0.670 e. The lowest BCUT2D eigenvalue weighted by Gasteiger charge is -2.31. The van der Waals surface area contributed by atoms with Crippen molar-refractivity contribution in [1.29, 1.82) is 0 Å². The summed E-state index contributed by atoms with van der Waals surface area (Å²) in [5.74, 6) is -0.808. The number of fused-ring (bicyclic) bond motifs is 1. The standard InChI is InChI=1S/C52H60N3O8/c1-33(56)30-55-32-63-50-23-34(13-15-46(50)58)22-44(39-25-41(28-42(57)26-39)52(53-2)18-6-7-19-52)49(61)29-48(60)40(21-35-17-20-54-31-35)24-38-14-16-47(59)51(62-3)45(38)27-37-11-8-10-36-9-4-5-12-43(36)37/h4-5,8-17,20,23,25-26,28,31,33,40,44,48,53,55-60H,6-7,18-19,21-22,24,27,29-30,32H2,1-3H3/q-1. The molecular weight excluding hydrogens is 795 g/mol. The second-order valence-corrected chi connectivity index (χ2v) is 17.1. The third-order valence-corrected chi connectivity index (χ3v) is 12.8. The van der Waals surface area contributed by atoms with E-state index < -0.39 is 24.0 Å².